The maximum absolute atomic E-state index is 12.2. The van der Waals surface area contributed by atoms with Crippen molar-refractivity contribution in [3.8, 4) is 0 Å². The molecule has 1 aromatic heterocycles. The number of sulfonamides is 1. The first-order valence-electron chi connectivity index (χ1n) is 6.04. The summed E-state index contributed by atoms with van der Waals surface area (Å²) >= 11 is 1.02. The van der Waals surface area contributed by atoms with E-state index in [4.69, 9.17) is 15.2 Å². The summed E-state index contributed by atoms with van der Waals surface area (Å²) in [5, 5.41) is 3.45. The molecule has 1 unspecified atom stereocenters. The van der Waals surface area contributed by atoms with Crippen LogP contribution in [0.3, 0.4) is 0 Å². The lowest BCUT2D eigenvalue weighted by molar-refractivity contribution is -0.0818. The minimum absolute atomic E-state index is 0.00649. The van der Waals surface area contributed by atoms with Crippen LogP contribution < -0.4 is 11.1 Å². The summed E-state index contributed by atoms with van der Waals surface area (Å²) in [6.07, 6.45) is -0.109. The molecule has 1 aliphatic heterocycles. The second kappa shape index (κ2) is 6.22. The van der Waals surface area contributed by atoms with Gasteiger partial charge in [-0.15, -0.1) is 0 Å². The van der Waals surface area contributed by atoms with Crippen molar-refractivity contribution >= 4 is 32.4 Å². The fourth-order valence-electron chi connectivity index (χ4n) is 1.70. The van der Waals surface area contributed by atoms with Crippen LogP contribution in [0.5, 0.6) is 0 Å². The summed E-state index contributed by atoms with van der Waals surface area (Å²) in [4.78, 5) is 0.0178. The summed E-state index contributed by atoms with van der Waals surface area (Å²) in [7, 11) is -0.721. The molecule has 1 saturated heterocycles. The van der Waals surface area contributed by atoms with Crippen LogP contribution in [0.25, 0.3) is 0 Å². The molecule has 0 radical (unpaired) electrons. The molecule has 0 saturated carbocycles. The van der Waals surface area contributed by atoms with E-state index in [0.717, 1.165) is 15.8 Å². The van der Waals surface area contributed by atoms with Crippen molar-refractivity contribution in [1.29, 1.82) is 0 Å². The molecule has 0 aliphatic carbocycles. The molecule has 0 aromatic carbocycles. The first-order chi connectivity index (χ1) is 9.43. The van der Waals surface area contributed by atoms with Crippen LogP contribution in [0.4, 0.5) is 10.8 Å². The molecule has 0 bridgehead atoms. The molecule has 0 spiro atoms. The number of nitrogens with two attached hydrogens (primary N) is 1. The molecule has 10 heteroatoms. The summed E-state index contributed by atoms with van der Waals surface area (Å²) in [5.74, 6) is 0.00649. The third-order valence-electron chi connectivity index (χ3n) is 2.79. The van der Waals surface area contributed by atoms with Gasteiger partial charge in [-0.3, -0.25) is 0 Å². The number of nitrogens with zero attached hydrogens (tertiary/aromatic N) is 2. The first kappa shape index (κ1) is 15.4. The lowest BCUT2D eigenvalue weighted by Gasteiger charge is -2.23. The molecule has 1 fully saturated rings. The molecule has 2 rings (SSSR count). The van der Waals surface area contributed by atoms with Gasteiger partial charge >= 0.3 is 0 Å². The van der Waals surface area contributed by atoms with Crippen LogP contribution >= 0.6 is 11.5 Å². The van der Waals surface area contributed by atoms with E-state index < -0.39 is 10.0 Å². The Morgan fingerprint density at radius 3 is 2.85 bits per heavy atom. The van der Waals surface area contributed by atoms with Crippen molar-refractivity contribution in [2.45, 2.75) is 11.0 Å². The number of aromatic nitrogens is 1. The van der Waals surface area contributed by atoms with E-state index in [1.54, 1.807) is 0 Å². The minimum Gasteiger partial charge on any atom is -0.382 e. The molecular weight excluding hydrogens is 304 g/mol. The van der Waals surface area contributed by atoms with Gasteiger partial charge in [0.05, 0.1) is 25.9 Å². The Labute approximate surface area is 122 Å². The van der Waals surface area contributed by atoms with Crippen molar-refractivity contribution in [2.24, 2.45) is 0 Å². The fourth-order valence-corrected chi connectivity index (χ4v) is 3.78. The maximum atomic E-state index is 12.2. The molecule has 1 aromatic rings. The maximum Gasteiger partial charge on any atom is 0.249 e. The minimum atomic E-state index is -3.63. The molecule has 114 valence electrons. The summed E-state index contributed by atoms with van der Waals surface area (Å²) < 4.78 is 40.2. The lowest BCUT2D eigenvalue weighted by atomic mass is 10.3. The molecule has 2 heterocycles. The van der Waals surface area contributed by atoms with Crippen molar-refractivity contribution in [1.82, 2.24) is 8.68 Å². The van der Waals surface area contributed by atoms with Crippen molar-refractivity contribution < 1.29 is 17.9 Å². The molecule has 1 aliphatic rings. The predicted octanol–water partition coefficient (Wildman–Crippen LogP) is -0.197. The van der Waals surface area contributed by atoms with Crippen LogP contribution in [-0.4, -0.2) is 63.7 Å². The number of anilines is 2. The SMILES string of the molecule is CN(C)S(=O)(=O)c1c(N)nsc1NCC1COCCO1. The second-order valence-electron chi connectivity index (χ2n) is 4.46. The van der Waals surface area contributed by atoms with Crippen LogP contribution in [0, 0.1) is 0 Å². The molecule has 3 N–H and O–H groups in total. The Kier molecular flexibility index (Phi) is 4.81. The Morgan fingerprint density at radius 2 is 2.25 bits per heavy atom. The van der Waals surface area contributed by atoms with Gasteiger partial charge in [-0.25, -0.2) is 12.7 Å². The number of ether oxygens (including phenoxy) is 2. The highest BCUT2D eigenvalue weighted by Gasteiger charge is 2.28. The van der Waals surface area contributed by atoms with Crippen LogP contribution in [0.15, 0.2) is 4.90 Å². The highest BCUT2D eigenvalue weighted by Crippen LogP contribution is 2.32. The van der Waals surface area contributed by atoms with Gasteiger partial charge in [0.25, 0.3) is 0 Å². The van der Waals surface area contributed by atoms with E-state index in [9.17, 15) is 8.42 Å². The average molecular weight is 322 g/mol. The monoisotopic (exact) mass is 322 g/mol. The van der Waals surface area contributed by atoms with Crippen molar-refractivity contribution in [3.05, 3.63) is 0 Å². The molecular formula is C10H18N4O4S2. The van der Waals surface area contributed by atoms with E-state index in [2.05, 4.69) is 9.69 Å². The number of rotatable bonds is 5. The molecule has 20 heavy (non-hydrogen) atoms. The summed E-state index contributed by atoms with van der Waals surface area (Å²) in [5.41, 5.74) is 5.67. The van der Waals surface area contributed by atoms with Gasteiger partial charge in [0, 0.05) is 20.6 Å². The number of hydrogen-bond acceptors (Lipinski definition) is 8. The van der Waals surface area contributed by atoms with Crippen LogP contribution in [-0.2, 0) is 19.5 Å². The van der Waals surface area contributed by atoms with Gasteiger partial charge in [-0.2, -0.15) is 4.37 Å². The topological polar surface area (TPSA) is 107 Å². The summed E-state index contributed by atoms with van der Waals surface area (Å²) in [6, 6.07) is 0. The zero-order chi connectivity index (χ0) is 14.8. The van der Waals surface area contributed by atoms with Gasteiger partial charge in [-0.05, 0) is 11.5 Å². The van der Waals surface area contributed by atoms with Gasteiger partial charge in [0.15, 0.2) is 10.7 Å². The largest absolute Gasteiger partial charge is 0.382 e. The van der Waals surface area contributed by atoms with Crippen LogP contribution in [0.1, 0.15) is 0 Å². The quantitative estimate of drug-likeness (QED) is 0.773. The Morgan fingerprint density at radius 1 is 1.50 bits per heavy atom. The number of nitrogens with one attached hydrogen (secondary N) is 1. The standard InChI is InChI=1S/C10H18N4O4S2/c1-14(2)20(15,16)8-9(11)13-19-10(8)12-5-7-6-17-3-4-18-7/h7,12H,3-6H2,1-2H3,(H2,11,13). The lowest BCUT2D eigenvalue weighted by Crippen LogP contribution is -2.34. The van der Waals surface area contributed by atoms with E-state index >= 15 is 0 Å². The van der Waals surface area contributed by atoms with Gasteiger partial charge in [0.2, 0.25) is 10.0 Å². The van der Waals surface area contributed by atoms with Crippen molar-refractivity contribution in [3.63, 3.8) is 0 Å². The number of hydrogen-bond donors (Lipinski definition) is 2. The Balaban J connectivity index is 2.13. The third kappa shape index (κ3) is 3.20. The van der Waals surface area contributed by atoms with Crippen LogP contribution in [0.2, 0.25) is 0 Å². The second-order valence-corrected chi connectivity index (χ2v) is 7.32. The highest BCUT2D eigenvalue weighted by molar-refractivity contribution is 7.89. The molecule has 8 nitrogen and oxygen atoms in total. The normalized spacial score (nSPS) is 20.2. The third-order valence-corrected chi connectivity index (χ3v) is 5.63. The summed E-state index contributed by atoms with van der Waals surface area (Å²) in [6.45, 7) is 2.05. The van der Waals surface area contributed by atoms with Gasteiger partial charge in [0.1, 0.15) is 5.00 Å². The Bertz CT molecular complexity index is 552. The van der Waals surface area contributed by atoms with Crippen molar-refractivity contribution in [2.75, 3.05) is 51.5 Å². The average Bonchev–Trinajstić information content (AvgIpc) is 2.79. The van der Waals surface area contributed by atoms with E-state index in [-0.39, 0.29) is 16.8 Å². The zero-order valence-corrected chi connectivity index (χ0v) is 13.0. The zero-order valence-electron chi connectivity index (χ0n) is 11.3. The smallest absolute Gasteiger partial charge is 0.249 e. The highest BCUT2D eigenvalue weighted by atomic mass is 32.2. The predicted molar refractivity (Wildman–Crippen MR) is 76.4 cm³/mol. The van der Waals surface area contributed by atoms with Gasteiger partial charge in [-0.1, -0.05) is 0 Å². The molecule has 0 amide bonds. The van der Waals surface area contributed by atoms with E-state index in [1.165, 1.54) is 14.1 Å². The van der Waals surface area contributed by atoms with E-state index in [1.807, 2.05) is 0 Å². The first-order valence-corrected chi connectivity index (χ1v) is 8.25. The Hall–Kier alpha value is -0.940. The van der Waals surface area contributed by atoms with Gasteiger partial charge < -0.3 is 20.5 Å². The number of nitrogen functional groups attached to an aromatic ring is 1. The molecule has 1 atom stereocenters. The van der Waals surface area contributed by atoms with E-state index in [0.29, 0.717) is 31.4 Å². The fraction of sp³-hybridized carbons (Fsp3) is 0.700.